The lowest BCUT2D eigenvalue weighted by atomic mass is 10.3. The van der Waals surface area contributed by atoms with Crippen LogP contribution in [0.3, 0.4) is 0 Å². The molecular formula is C9H15N5O3. The molecule has 1 aliphatic rings. The molecule has 1 aromatic heterocycles. The lowest BCUT2D eigenvalue weighted by molar-refractivity contribution is 0.0369. The Bertz CT molecular complexity index is 374. The number of nitrogen functional groups attached to an aromatic ring is 1. The molecule has 2 rings (SSSR count). The zero-order valence-electron chi connectivity index (χ0n) is 9.33. The van der Waals surface area contributed by atoms with Gasteiger partial charge in [0.2, 0.25) is 0 Å². The van der Waals surface area contributed by atoms with Crippen LogP contribution < -0.4 is 11.3 Å². The highest BCUT2D eigenvalue weighted by atomic mass is 16.5. The number of nitrogens with two attached hydrogens (primary N) is 1. The third kappa shape index (κ3) is 3.22. The van der Waals surface area contributed by atoms with Gasteiger partial charge in [-0.1, -0.05) is 5.21 Å². The minimum atomic E-state index is -0.457. The highest BCUT2D eigenvalue weighted by Crippen LogP contribution is 2.07. The van der Waals surface area contributed by atoms with Crippen LogP contribution in [0.1, 0.15) is 16.9 Å². The van der Waals surface area contributed by atoms with Crippen LogP contribution in [0.15, 0.2) is 6.20 Å². The molecule has 0 spiro atoms. The smallest absolute Gasteiger partial charge is 0.287 e. The second kappa shape index (κ2) is 5.71. The number of nitrogens with one attached hydrogen (secondary N) is 1. The van der Waals surface area contributed by atoms with Crippen LogP contribution in [0.5, 0.6) is 0 Å². The molecule has 8 heteroatoms. The lowest BCUT2D eigenvalue weighted by Crippen LogP contribution is -2.30. The van der Waals surface area contributed by atoms with Crippen molar-refractivity contribution in [2.45, 2.75) is 19.1 Å². The fourth-order valence-electron chi connectivity index (χ4n) is 1.54. The fraction of sp³-hybridized carbons (Fsp3) is 0.667. The minimum absolute atomic E-state index is 0.172. The van der Waals surface area contributed by atoms with Crippen LogP contribution in [-0.4, -0.2) is 46.8 Å². The average Bonchev–Trinajstić information content (AvgIpc) is 2.99. The molecule has 1 aliphatic heterocycles. The maximum absolute atomic E-state index is 11.1. The monoisotopic (exact) mass is 241 g/mol. The van der Waals surface area contributed by atoms with Crippen molar-refractivity contribution in [3.05, 3.63) is 11.9 Å². The molecule has 1 atom stereocenters. The molecule has 0 radical (unpaired) electrons. The molecule has 0 aromatic carbocycles. The van der Waals surface area contributed by atoms with E-state index in [-0.39, 0.29) is 11.8 Å². The summed E-state index contributed by atoms with van der Waals surface area (Å²) in [5.74, 6) is 4.52. The first kappa shape index (κ1) is 12.0. The van der Waals surface area contributed by atoms with Gasteiger partial charge in [-0.15, -0.1) is 5.10 Å². The summed E-state index contributed by atoms with van der Waals surface area (Å²) in [6.45, 7) is 2.47. The Balaban J connectivity index is 1.74. The Hall–Kier alpha value is -1.51. The first-order valence-corrected chi connectivity index (χ1v) is 5.40. The van der Waals surface area contributed by atoms with Gasteiger partial charge >= 0.3 is 0 Å². The first-order valence-electron chi connectivity index (χ1n) is 5.40. The molecule has 1 fully saturated rings. The van der Waals surface area contributed by atoms with Crippen molar-refractivity contribution >= 4 is 5.91 Å². The van der Waals surface area contributed by atoms with Gasteiger partial charge in [0.25, 0.3) is 5.91 Å². The highest BCUT2D eigenvalue weighted by molar-refractivity contribution is 5.91. The van der Waals surface area contributed by atoms with E-state index in [2.05, 4.69) is 10.3 Å². The van der Waals surface area contributed by atoms with Gasteiger partial charge in [0.1, 0.15) is 0 Å². The van der Waals surface area contributed by atoms with Gasteiger partial charge in [-0.05, 0) is 6.42 Å². The largest absolute Gasteiger partial charge is 0.379 e. The van der Waals surface area contributed by atoms with Gasteiger partial charge in [0.05, 0.1) is 32.1 Å². The number of rotatable bonds is 5. The van der Waals surface area contributed by atoms with Gasteiger partial charge in [-0.2, -0.15) is 0 Å². The summed E-state index contributed by atoms with van der Waals surface area (Å²) in [5.41, 5.74) is 2.18. The predicted molar refractivity (Wildman–Crippen MR) is 56.9 cm³/mol. The van der Waals surface area contributed by atoms with Crippen molar-refractivity contribution in [3.8, 4) is 0 Å². The number of hydrazine groups is 1. The molecule has 2 heterocycles. The Morgan fingerprint density at radius 1 is 1.76 bits per heavy atom. The Morgan fingerprint density at radius 2 is 2.65 bits per heavy atom. The molecule has 8 nitrogen and oxygen atoms in total. The zero-order chi connectivity index (χ0) is 12.1. The molecule has 1 amide bonds. The second-order valence-corrected chi connectivity index (χ2v) is 3.70. The molecule has 3 N–H and O–H groups in total. The summed E-state index contributed by atoms with van der Waals surface area (Å²) in [6.07, 6.45) is 2.62. The second-order valence-electron chi connectivity index (χ2n) is 3.70. The van der Waals surface area contributed by atoms with Gasteiger partial charge in [0.15, 0.2) is 5.69 Å². The van der Waals surface area contributed by atoms with E-state index in [9.17, 15) is 4.79 Å². The molecule has 0 bridgehead atoms. The van der Waals surface area contributed by atoms with Crippen LogP contribution in [0.4, 0.5) is 0 Å². The zero-order valence-corrected chi connectivity index (χ0v) is 9.33. The molecule has 94 valence electrons. The highest BCUT2D eigenvalue weighted by Gasteiger charge is 2.15. The third-order valence-electron chi connectivity index (χ3n) is 2.46. The SMILES string of the molecule is NNC(=O)c1cn(CCOC2CCOC2)nn1. The molecule has 0 aliphatic carbocycles. The number of hydrogen-bond donors (Lipinski definition) is 2. The third-order valence-corrected chi connectivity index (χ3v) is 2.46. The molecule has 0 saturated carbocycles. The summed E-state index contributed by atoms with van der Waals surface area (Å²) in [5, 5.41) is 7.47. The summed E-state index contributed by atoms with van der Waals surface area (Å²) in [7, 11) is 0. The van der Waals surface area contributed by atoms with E-state index in [1.807, 2.05) is 5.43 Å². The summed E-state index contributed by atoms with van der Waals surface area (Å²) in [4.78, 5) is 11.1. The lowest BCUT2D eigenvalue weighted by Gasteiger charge is -2.08. The van der Waals surface area contributed by atoms with Crippen LogP contribution in [0.2, 0.25) is 0 Å². The first-order chi connectivity index (χ1) is 8.29. The maximum Gasteiger partial charge on any atom is 0.287 e. The Morgan fingerprint density at radius 3 is 3.35 bits per heavy atom. The van der Waals surface area contributed by atoms with E-state index in [0.717, 1.165) is 13.0 Å². The van der Waals surface area contributed by atoms with Gasteiger partial charge in [-0.25, -0.2) is 10.5 Å². The number of carbonyl (C=O) groups excluding carboxylic acids is 1. The number of amides is 1. The van der Waals surface area contributed by atoms with Gasteiger partial charge < -0.3 is 9.47 Å². The number of nitrogens with zero attached hydrogens (tertiary/aromatic N) is 3. The predicted octanol–water partition coefficient (Wildman–Crippen LogP) is -1.31. The summed E-state index contributed by atoms with van der Waals surface area (Å²) in [6, 6.07) is 0. The molecule has 1 saturated heterocycles. The van der Waals surface area contributed by atoms with Crippen molar-refractivity contribution in [3.63, 3.8) is 0 Å². The number of carbonyl (C=O) groups is 1. The van der Waals surface area contributed by atoms with E-state index >= 15 is 0 Å². The topological polar surface area (TPSA) is 104 Å². The summed E-state index contributed by atoms with van der Waals surface area (Å²) < 4.78 is 12.3. The minimum Gasteiger partial charge on any atom is -0.379 e. The molecule has 1 unspecified atom stereocenters. The van der Waals surface area contributed by atoms with Crippen LogP contribution >= 0.6 is 0 Å². The van der Waals surface area contributed by atoms with E-state index < -0.39 is 5.91 Å². The number of ether oxygens (including phenoxy) is 2. The van der Waals surface area contributed by atoms with Crippen LogP contribution in [0, 0.1) is 0 Å². The number of aromatic nitrogens is 3. The van der Waals surface area contributed by atoms with Crippen molar-refractivity contribution in [1.82, 2.24) is 20.4 Å². The average molecular weight is 241 g/mol. The van der Waals surface area contributed by atoms with E-state index in [1.165, 1.54) is 6.20 Å². The Kier molecular flexibility index (Phi) is 4.02. The van der Waals surface area contributed by atoms with Gasteiger partial charge in [0, 0.05) is 6.61 Å². The standard InChI is InChI=1S/C9H15N5O3/c10-11-9(15)8-5-14(13-12-8)2-4-17-7-1-3-16-6-7/h5,7H,1-4,6,10H2,(H,11,15). The van der Waals surface area contributed by atoms with Crippen molar-refractivity contribution in [2.75, 3.05) is 19.8 Å². The quantitative estimate of drug-likeness (QED) is 0.376. The Labute approximate surface area is 98.0 Å². The molecular weight excluding hydrogens is 226 g/mol. The fourth-order valence-corrected chi connectivity index (χ4v) is 1.54. The van der Waals surface area contributed by atoms with Crippen molar-refractivity contribution in [1.29, 1.82) is 0 Å². The van der Waals surface area contributed by atoms with Crippen molar-refractivity contribution in [2.24, 2.45) is 5.84 Å². The summed E-state index contributed by atoms with van der Waals surface area (Å²) >= 11 is 0. The van der Waals surface area contributed by atoms with Gasteiger partial charge in [-0.3, -0.25) is 10.2 Å². The normalized spacial score (nSPS) is 19.5. The van der Waals surface area contributed by atoms with E-state index in [0.29, 0.717) is 19.8 Å². The van der Waals surface area contributed by atoms with Crippen molar-refractivity contribution < 1.29 is 14.3 Å². The van der Waals surface area contributed by atoms with Crippen LogP contribution in [-0.2, 0) is 16.0 Å². The van der Waals surface area contributed by atoms with E-state index in [4.69, 9.17) is 15.3 Å². The molecule has 1 aromatic rings. The molecule has 17 heavy (non-hydrogen) atoms. The van der Waals surface area contributed by atoms with Crippen LogP contribution in [0.25, 0.3) is 0 Å². The maximum atomic E-state index is 11.1. The van der Waals surface area contributed by atoms with E-state index in [1.54, 1.807) is 4.68 Å². The number of hydrogen-bond acceptors (Lipinski definition) is 6.